The van der Waals surface area contributed by atoms with Crippen LogP contribution in [-0.4, -0.2) is 13.2 Å². The molecule has 0 saturated carbocycles. The van der Waals surface area contributed by atoms with Crippen LogP contribution in [0.3, 0.4) is 0 Å². The zero-order valence-corrected chi connectivity index (χ0v) is 4.15. The Labute approximate surface area is 37.4 Å². The molecule has 0 aliphatic carbocycles. The molecule has 0 atom stereocenters. The molecule has 0 spiro atoms. The molecule has 6 heavy (non-hydrogen) atoms. The quantitative estimate of drug-likeness (QED) is 0.450. The second-order valence-electron chi connectivity index (χ2n) is 0.952. The molecule has 0 bridgehead atoms. The van der Waals surface area contributed by atoms with E-state index in [-0.39, 0.29) is 0 Å². The van der Waals surface area contributed by atoms with Crippen molar-refractivity contribution in [1.29, 1.82) is 0 Å². The number of hydrogen-bond acceptors (Lipinski definition) is 3. The Balaban J connectivity index is 2.18. The molecular weight excluding hydrogens is 101 g/mol. The molecule has 0 amide bonds. The molecular formula is C2H6NO2P. The second-order valence-corrected chi connectivity index (χ2v) is 2.04. The number of hydrogen-bond donors (Lipinski definition) is 1. The Kier molecular flexibility index (Phi) is 1.37. The smallest absolute Gasteiger partial charge is 0.253 e. The Hall–Kier alpha value is 0.310. The van der Waals surface area contributed by atoms with Crippen molar-refractivity contribution in [3.63, 3.8) is 0 Å². The first-order valence-corrected chi connectivity index (χ1v) is 2.95. The molecule has 1 fully saturated rings. The molecule has 0 aromatic carbocycles. The summed E-state index contributed by atoms with van der Waals surface area (Å²) in [6, 6.07) is 0. The molecule has 0 unspecified atom stereocenters. The summed E-state index contributed by atoms with van der Waals surface area (Å²) in [7, 11) is -0.965. The van der Waals surface area contributed by atoms with Gasteiger partial charge < -0.3 is 9.05 Å². The normalized spacial score (nSPS) is 25.5. The zero-order chi connectivity index (χ0) is 4.41. The van der Waals surface area contributed by atoms with E-state index in [4.69, 9.17) is 14.6 Å². The van der Waals surface area contributed by atoms with Gasteiger partial charge in [-0.2, -0.15) is 0 Å². The summed E-state index contributed by atoms with van der Waals surface area (Å²) in [5.74, 6) is 0. The molecule has 36 valence electrons. The third-order valence-corrected chi connectivity index (χ3v) is 1.39. The summed E-state index contributed by atoms with van der Waals surface area (Å²) in [4.78, 5) is 0. The summed E-state index contributed by atoms with van der Waals surface area (Å²) in [5.41, 5.74) is 5.16. The first kappa shape index (κ1) is 4.47. The Bertz CT molecular complexity index is 44.8. The van der Waals surface area contributed by atoms with Gasteiger partial charge in [-0.25, -0.2) is 0 Å². The molecule has 1 aliphatic heterocycles. The van der Waals surface area contributed by atoms with Crippen molar-refractivity contribution < 1.29 is 9.05 Å². The van der Waals surface area contributed by atoms with E-state index in [0.717, 1.165) is 0 Å². The van der Waals surface area contributed by atoms with Crippen LogP contribution in [0.2, 0.25) is 0 Å². The van der Waals surface area contributed by atoms with Gasteiger partial charge in [0.2, 0.25) is 0 Å². The summed E-state index contributed by atoms with van der Waals surface area (Å²) >= 11 is 0. The average molecular weight is 107 g/mol. The first-order valence-electron chi connectivity index (χ1n) is 1.70. The second kappa shape index (κ2) is 1.85. The Morgan fingerprint density at radius 1 is 1.33 bits per heavy atom. The molecule has 1 aliphatic rings. The van der Waals surface area contributed by atoms with Crippen LogP contribution in [0, 0.1) is 0 Å². The topological polar surface area (TPSA) is 44.5 Å². The maximum atomic E-state index is 5.16. The molecule has 1 rings (SSSR count). The molecule has 2 N–H and O–H groups in total. The van der Waals surface area contributed by atoms with Crippen molar-refractivity contribution in [2.75, 3.05) is 13.2 Å². The van der Waals surface area contributed by atoms with Crippen molar-refractivity contribution in [3.8, 4) is 0 Å². The fourth-order valence-corrected chi connectivity index (χ4v) is 0.875. The summed E-state index contributed by atoms with van der Waals surface area (Å²) in [6.07, 6.45) is 0. The highest BCUT2D eigenvalue weighted by Crippen LogP contribution is 2.32. The molecule has 0 aromatic rings. The molecule has 4 heteroatoms. The number of nitrogens with two attached hydrogens (primary N) is 1. The lowest BCUT2D eigenvalue weighted by atomic mass is 10.8. The van der Waals surface area contributed by atoms with Gasteiger partial charge >= 0.3 is 0 Å². The Morgan fingerprint density at radius 3 is 2.00 bits per heavy atom. The summed E-state index contributed by atoms with van der Waals surface area (Å²) < 4.78 is 9.55. The van der Waals surface area contributed by atoms with Crippen molar-refractivity contribution >= 4 is 8.53 Å². The van der Waals surface area contributed by atoms with E-state index in [9.17, 15) is 0 Å². The summed E-state index contributed by atoms with van der Waals surface area (Å²) in [6.45, 7) is 1.34. The molecule has 1 saturated heterocycles. The average Bonchev–Trinajstić information content (AvgIpc) is 1.86. The van der Waals surface area contributed by atoms with Crippen LogP contribution in [0.25, 0.3) is 0 Å². The van der Waals surface area contributed by atoms with E-state index in [1.54, 1.807) is 0 Å². The predicted octanol–water partition coefficient (Wildman–Crippen LogP) is 0.219. The van der Waals surface area contributed by atoms with Crippen LogP contribution < -0.4 is 5.50 Å². The monoisotopic (exact) mass is 107 g/mol. The largest absolute Gasteiger partial charge is 0.320 e. The third-order valence-electron chi connectivity index (χ3n) is 0.520. The van der Waals surface area contributed by atoms with E-state index in [1.807, 2.05) is 0 Å². The van der Waals surface area contributed by atoms with Gasteiger partial charge in [0, 0.05) is 0 Å². The van der Waals surface area contributed by atoms with E-state index < -0.39 is 8.53 Å². The molecule has 3 nitrogen and oxygen atoms in total. The zero-order valence-electron chi connectivity index (χ0n) is 3.26. The van der Waals surface area contributed by atoms with Gasteiger partial charge in [-0.05, 0) is 0 Å². The van der Waals surface area contributed by atoms with Gasteiger partial charge in [0.15, 0.2) is 0 Å². The van der Waals surface area contributed by atoms with Gasteiger partial charge in [-0.3, -0.25) is 5.50 Å². The van der Waals surface area contributed by atoms with Crippen LogP contribution in [0.1, 0.15) is 0 Å². The minimum Gasteiger partial charge on any atom is -0.320 e. The lowest BCUT2D eigenvalue weighted by Gasteiger charge is -1.92. The first-order chi connectivity index (χ1) is 2.89. The Morgan fingerprint density at radius 2 is 1.83 bits per heavy atom. The van der Waals surface area contributed by atoms with Crippen molar-refractivity contribution in [3.05, 3.63) is 0 Å². The maximum Gasteiger partial charge on any atom is 0.253 e. The van der Waals surface area contributed by atoms with Gasteiger partial charge in [-0.15, -0.1) is 0 Å². The van der Waals surface area contributed by atoms with Gasteiger partial charge in [0.05, 0.1) is 13.2 Å². The van der Waals surface area contributed by atoms with Crippen LogP contribution in [0.15, 0.2) is 0 Å². The maximum absolute atomic E-state index is 5.16. The van der Waals surface area contributed by atoms with Crippen molar-refractivity contribution in [1.82, 2.24) is 0 Å². The minimum absolute atomic E-state index is 0.669. The molecule has 0 radical (unpaired) electrons. The standard InChI is InChI=1S/C2H6NO2P/c3-6-4-1-2-5-6/h1-3H2. The lowest BCUT2D eigenvalue weighted by Crippen LogP contribution is -1.83. The van der Waals surface area contributed by atoms with Crippen LogP contribution in [-0.2, 0) is 9.05 Å². The van der Waals surface area contributed by atoms with E-state index in [1.165, 1.54) is 0 Å². The van der Waals surface area contributed by atoms with Gasteiger partial charge in [-0.1, -0.05) is 0 Å². The fraction of sp³-hybridized carbons (Fsp3) is 1.00. The van der Waals surface area contributed by atoms with Crippen LogP contribution in [0.5, 0.6) is 0 Å². The van der Waals surface area contributed by atoms with Crippen LogP contribution >= 0.6 is 8.53 Å². The van der Waals surface area contributed by atoms with E-state index in [2.05, 4.69) is 0 Å². The van der Waals surface area contributed by atoms with Gasteiger partial charge in [0.1, 0.15) is 0 Å². The highest BCUT2D eigenvalue weighted by atomic mass is 31.2. The van der Waals surface area contributed by atoms with Gasteiger partial charge in [0.25, 0.3) is 8.53 Å². The highest BCUT2D eigenvalue weighted by molar-refractivity contribution is 7.44. The number of rotatable bonds is 0. The third kappa shape index (κ3) is 0.884. The van der Waals surface area contributed by atoms with Crippen LogP contribution in [0.4, 0.5) is 0 Å². The van der Waals surface area contributed by atoms with E-state index in [0.29, 0.717) is 13.2 Å². The van der Waals surface area contributed by atoms with E-state index >= 15 is 0 Å². The van der Waals surface area contributed by atoms with Crippen molar-refractivity contribution in [2.24, 2.45) is 5.50 Å². The predicted molar refractivity (Wildman–Crippen MR) is 23.0 cm³/mol. The fourth-order valence-electron chi connectivity index (χ4n) is 0.292. The molecule has 1 heterocycles. The van der Waals surface area contributed by atoms with Crippen molar-refractivity contribution in [2.45, 2.75) is 0 Å². The highest BCUT2D eigenvalue weighted by Gasteiger charge is 2.09. The summed E-state index contributed by atoms with van der Waals surface area (Å²) in [5, 5.41) is 0. The molecule has 0 aromatic heterocycles. The minimum atomic E-state index is -0.965. The lowest BCUT2D eigenvalue weighted by molar-refractivity contribution is 0.365. The SMILES string of the molecule is NP1OCCO1.